The zero-order valence-corrected chi connectivity index (χ0v) is 17.1. The molecule has 0 N–H and O–H groups in total. The molecule has 4 rings (SSSR count). The Kier molecular flexibility index (Phi) is 5.81. The molecule has 3 aromatic rings. The first-order valence-electron chi connectivity index (χ1n) is 9.36. The Morgan fingerprint density at radius 3 is 2.52 bits per heavy atom. The van der Waals surface area contributed by atoms with Gasteiger partial charge in [0.25, 0.3) is 11.6 Å². The molecule has 0 unspecified atom stereocenters. The summed E-state index contributed by atoms with van der Waals surface area (Å²) in [5.41, 5.74) is 1.48. The predicted molar refractivity (Wildman–Crippen MR) is 122 cm³/mol. The van der Waals surface area contributed by atoms with Crippen LogP contribution in [-0.2, 0) is 4.79 Å². The first kappa shape index (κ1) is 20.4. The van der Waals surface area contributed by atoms with Crippen LogP contribution in [0.4, 0.5) is 11.4 Å². The maximum absolute atomic E-state index is 12.9. The maximum Gasteiger partial charge on any atom is 0.269 e. The molecule has 31 heavy (non-hydrogen) atoms. The van der Waals surface area contributed by atoms with E-state index in [4.69, 9.17) is 4.42 Å². The van der Waals surface area contributed by atoms with Crippen molar-refractivity contribution in [1.82, 2.24) is 4.90 Å². The van der Waals surface area contributed by atoms with Crippen LogP contribution >= 0.6 is 11.8 Å². The Bertz CT molecular complexity index is 1200. The second-order valence-corrected chi connectivity index (χ2v) is 7.56. The van der Waals surface area contributed by atoms with Crippen LogP contribution in [0.15, 0.2) is 93.7 Å². The molecule has 1 fully saturated rings. The summed E-state index contributed by atoms with van der Waals surface area (Å²) in [4.78, 5) is 29.9. The van der Waals surface area contributed by atoms with Crippen molar-refractivity contribution in [1.29, 1.82) is 0 Å². The normalized spacial score (nSPS) is 16.3. The van der Waals surface area contributed by atoms with Crippen molar-refractivity contribution < 1.29 is 14.1 Å². The molecule has 1 aliphatic rings. The number of nitrogens with zero attached hydrogens (tertiary/aromatic N) is 3. The van der Waals surface area contributed by atoms with E-state index < -0.39 is 4.92 Å². The fraction of sp³-hybridized carbons (Fsp3) is 0.0435. The summed E-state index contributed by atoms with van der Waals surface area (Å²) in [6.07, 6.45) is 3.33. The van der Waals surface area contributed by atoms with Crippen molar-refractivity contribution in [2.45, 2.75) is 0 Å². The minimum Gasteiger partial charge on any atom is -0.457 e. The Balaban J connectivity index is 1.60. The van der Waals surface area contributed by atoms with E-state index in [0.717, 1.165) is 5.69 Å². The third-order valence-corrected chi connectivity index (χ3v) is 5.45. The molecule has 1 aliphatic heterocycles. The van der Waals surface area contributed by atoms with E-state index in [0.29, 0.717) is 33.7 Å². The lowest BCUT2D eigenvalue weighted by atomic mass is 10.1. The topological polar surface area (TPSA) is 89.0 Å². The fourth-order valence-electron chi connectivity index (χ4n) is 2.96. The SMILES string of the molecule is C=CCN1C(=O)/C(=C\c2ccc(-c3ccc([N+](=O)[O-])cc3)o2)SC1=Nc1ccccc1. The number of rotatable bonds is 6. The van der Waals surface area contributed by atoms with Gasteiger partial charge in [-0.1, -0.05) is 24.3 Å². The van der Waals surface area contributed by atoms with Gasteiger partial charge in [0, 0.05) is 30.3 Å². The van der Waals surface area contributed by atoms with Gasteiger partial charge in [-0.05, 0) is 48.2 Å². The van der Waals surface area contributed by atoms with Gasteiger partial charge in [0.1, 0.15) is 11.5 Å². The number of nitro benzene ring substituents is 1. The van der Waals surface area contributed by atoms with E-state index in [-0.39, 0.29) is 11.6 Å². The summed E-state index contributed by atoms with van der Waals surface area (Å²) in [7, 11) is 0. The van der Waals surface area contributed by atoms with Crippen LogP contribution in [0, 0.1) is 10.1 Å². The summed E-state index contributed by atoms with van der Waals surface area (Å²) in [6, 6.07) is 19.0. The molecule has 2 aromatic carbocycles. The van der Waals surface area contributed by atoms with Crippen LogP contribution < -0.4 is 0 Å². The Labute approximate surface area is 182 Å². The van der Waals surface area contributed by atoms with Crippen molar-refractivity contribution in [2.24, 2.45) is 4.99 Å². The molecule has 7 nitrogen and oxygen atoms in total. The number of nitro groups is 1. The number of hydrogen-bond donors (Lipinski definition) is 0. The number of amides is 1. The lowest BCUT2D eigenvalue weighted by molar-refractivity contribution is -0.384. The zero-order chi connectivity index (χ0) is 21.8. The van der Waals surface area contributed by atoms with Crippen molar-refractivity contribution in [3.63, 3.8) is 0 Å². The van der Waals surface area contributed by atoms with E-state index in [9.17, 15) is 14.9 Å². The van der Waals surface area contributed by atoms with E-state index in [1.807, 2.05) is 30.3 Å². The number of hydrogen-bond acceptors (Lipinski definition) is 6. The molecule has 0 saturated carbocycles. The highest BCUT2D eigenvalue weighted by Gasteiger charge is 2.32. The van der Waals surface area contributed by atoms with Crippen LogP contribution in [0.5, 0.6) is 0 Å². The van der Waals surface area contributed by atoms with Crippen LogP contribution in [0.25, 0.3) is 17.4 Å². The molecule has 0 aliphatic carbocycles. The maximum atomic E-state index is 12.9. The number of aliphatic imine (C=N–C) groups is 1. The number of non-ortho nitro benzene ring substituents is 1. The second kappa shape index (κ2) is 8.85. The first-order valence-corrected chi connectivity index (χ1v) is 10.2. The van der Waals surface area contributed by atoms with Crippen molar-refractivity contribution in [3.8, 4) is 11.3 Å². The molecular weight excluding hydrogens is 414 g/mol. The summed E-state index contributed by atoms with van der Waals surface area (Å²) in [5, 5.41) is 11.4. The number of furan rings is 1. The Morgan fingerprint density at radius 1 is 1.10 bits per heavy atom. The third-order valence-electron chi connectivity index (χ3n) is 4.44. The summed E-state index contributed by atoms with van der Waals surface area (Å²) in [5.74, 6) is 0.884. The van der Waals surface area contributed by atoms with E-state index in [1.165, 1.54) is 23.9 Å². The summed E-state index contributed by atoms with van der Waals surface area (Å²) < 4.78 is 5.84. The predicted octanol–water partition coefficient (Wildman–Crippen LogP) is 5.64. The Hall–Kier alpha value is -3.91. The van der Waals surface area contributed by atoms with Gasteiger partial charge in [0.2, 0.25) is 0 Å². The lowest BCUT2D eigenvalue weighted by Gasteiger charge is -2.12. The molecule has 0 atom stereocenters. The number of para-hydroxylation sites is 1. The molecular formula is C23H17N3O4S. The number of benzene rings is 2. The molecule has 0 bridgehead atoms. The number of carbonyl (C=O) groups excluding carboxylic acids is 1. The van der Waals surface area contributed by atoms with Crippen LogP contribution in [-0.4, -0.2) is 27.4 Å². The minimum atomic E-state index is -0.450. The van der Waals surface area contributed by atoms with Gasteiger partial charge in [-0.2, -0.15) is 0 Å². The number of thioether (sulfide) groups is 1. The van der Waals surface area contributed by atoms with Crippen molar-refractivity contribution in [3.05, 3.63) is 100 Å². The van der Waals surface area contributed by atoms with Crippen LogP contribution in [0.1, 0.15) is 5.76 Å². The van der Waals surface area contributed by atoms with E-state index in [1.54, 1.807) is 41.3 Å². The summed E-state index contributed by atoms with van der Waals surface area (Å²) >= 11 is 1.27. The average molecular weight is 431 g/mol. The lowest BCUT2D eigenvalue weighted by Crippen LogP contribution is -2.29. The van der Waals surface area contributed by atoms with Crippen LogP contribution in [0.3, 0.4) is 0 Å². The highest BCUT2D eigenvalue weighted by Crippen LogP contribution is 2.35. The molecule has 8 heteroatoms. The molecule has 0 spiro atoms. The largest absolute Gasteiger partial charge is 0.457 e. The van der Waals surface area contributed by atoms with Crippen molar-refractivity contribution >= 4 is 40.3 Å². The fourth-order valence-corrected chi connectivity index (χ4v) is 3.94. The van der Waals surface area contributed by atoms with Crippen LogP contribution in [0.2, 0.25) is 0 Å². The van der Waals surface area contributed by atoms with E-state index in [2.05, 4.69) is 11.6 Å². The number of carbonyl (C=O) groups is 1. The molecule has 1 aromatic heterocycles. The van der Waals surface area contributed by atoms with Gasteiger partial charge in [-0.15, -0.1) is 6.58 Å². The molecule has 0 radical (unpaired) electrons. The van der Waals surface area contributed by atoms with Gasteiger partial charge in [-0.25, -0.2) is 4.99 Å². The van der Waals surface area contributed by atoms with Gasteiger partial charge >= 0.3 is 0 Å². The first-order chi connectivity index (χ1) is 15.0. The quantitative estimate of drug-likeness (QED) is 0.218. The third kappa shape index (κ3) is 4.49. The van der Waals surface area contributed by atoms with Gasteiger partial charge in [0.15, 0.2) is 5.17 Å². The standard InChI is InChI=1S/C23H17N3O4S/c1-2-14-25-22(27)21(31-23(25)24-17-6-4-3-5-7-17)15-19-12-13-20(30-19)16-8-10-18(11-9-16)26(28)29/h2-13,15H,1,14H2/b21-15+,24-23?. The average Bonchev–Trinajstić information content (AvgIpc) is 3.35. The molecule has 1 amide bonds. The molecule has 2 heterocycles. The van der Waals surface area contributed by atoms with Gasteiger partial charge < -0.3 is 4.42 Å². The van der Waals surface area contributed by atoms with Gasteiger partial charge in [-0.3, -0.25) is 19.8 Å². The number of amidine groups is 1. The van der Waals surface area contributed by atoms with Gasteiger partial charge in [0.05, 0.1) is 15.5 Å². The monoisotopic (exact) mass is 431 g/mol. The second-order valence-electron chi connectivity index (χ2n) is 6.55. The highest BCUT2D eigenvalue weighted by molar-refractivity contribution is 8.18. The Morgan fingerprint density at radius 2 is 1.84 bits per heavy atom. The highest BCUT2D eigenvalue weighted by atomic mass is 32.2. The zero-order valence-electron chi connectivity index (χ0n) is 16.3. The molecule has 1 saturated heterocycles. The smallest absolute Gasteiger partial charge is 0.269 e. The minimum absolute atomic E-state index is 0.0122. The van der Waals surface area contributed by atoms with E-state index >= 15 is 0 Å². The molecule has 154 valence electrons. The van der Waals surface area contributed by atoms with Crippen molar-refractivity contribution in [2.75, 3.05) is 6.54 Å². The summed E-state index contributed by atoms with van der Waals surface area (Å²) in [6.45, 7) is 4.07.